The minimum absolute atomic E-state index is 0.227. The van der Waals surface area contributed by atoms with E-state index < -0.39 is 0 Å². The number of aryl methyl sites for hydroxylation is 1. The number of aromatic hydroxyl groups is 1. The largest absolute Gasteiger partial charge is 0.504 e. The van der Waals surface area contributed by atoms with Gasteiger partial charge in [-0.3, -0.25) is 0 Å². The Kier molecular flexibility index (Phi) is 3.72. The highest BCUT2D eigenvalue weighted by atomic mass is 16.3. The first-order valence-electron chi connectivity index (χ1n) is 7.83. The Morgan fingerprint density at radius 1 is 0.913 bits per heavy atom. The number of nitrogens with zero attached hydrogens (tertiary/aromatic N) is 2. The van der Waals surface area contributed by atoms with E-state index in [0.717, 1.165) is 16.9 Å². The molecule has 0 spiro atoms. The predicted octanol–water partition coefficient (Wildman–Crippen LogP) is 4.85. The van der Waals surface area contributed by atoms with Crippen molar-refractivity contribution in [3.63, 3.8) is 0 Å². The van der Waals surface area contributed by atoms with Crippen LogP contribution in [0.4, 0.5) is 0 Å². The molecule has 1 heterocycles. The minimum Gasteiger partial charge on any atom is -0.504 e. The normalized spacial score (nSPS) is 11.7. The van der Waals surface area contributed by atoms with Gasteiger partial charge in [-0.15, -0.1) is 0 Å². The third kappa shape index (κ3) is 2.87. The predicted molar refractivity (Wildman–Crippen MR) is 94.1 cm³/mol. The molecular formula is C20H22N2O. The Labute approximate surface area is 137 Å². The second-order valence-electron chi connectivity index (χ2n) is 6.91. The van der Waals surface area contributed by atoms with Crippen LogP contribution < -0.4 is 0 Å². The highest BCUT2D eigenvalue weighted by molar-refractivity contribution is 5.68. The van der Waals surface area contributed by atoms with Crippen LogP contribution in [0.3, 0.4) is 0 Å². The summed E-state index contributed by atoms with van der Waals surface area (Å²) in [6, 6.07) is 18.0. The molecular weight excluding hydrogens is 284 g/mol. The van der Waals surface area contributed by atoms with Crippen LogP contribution in [0.15, 0.2) is 54.6 Å². The molecule has 1 N–H and O–H groups in total. The van der Waals surface area contributed by atoms with Crippen molar-refractivity contribution < 1.29 is 5.11 Å². The first-order chi connectivity index (χ1) is 10.9. The average Bonchev–Trinajstić information content (AvgIpc) is 2.86. The molecule has 0 saturated heterocycles. The van der Waals surface area contributed by atoms with Crippen molar-refractivity contribution in [2.75, 3.05) is 0 Å². The lowest BCUT2D eigenvalue weighted by Gasteiger charge is -2.20. The fraction of sp³-hybridized carbons (Fsp3) is 0.250. The van der Waals surface area contributed by atoms with E-state index in [2.05, 4.69) is 39.8 Å². The topological polar surface area (TPSA) is 38.0 Å². The molecule has 0 aliphatic rings. The molecule has 0 unspecified atom stereocenters. The number of benzene rings is 2. The molecule has 0 aliphatic heterocycles. The van der Waals surface area contributed by atoms with Gasteiger partial charge in [-0.1, -0.05) is 68.8 Å². The van der Waals surface area contributed by atoms with Gasteiger partial charge in [0.05, 0.1) is 11.4 Å². The van der Waals surface area contributed by atoms with Gasteiger partial charge in [0, 0.05) is 11.0 Å². The second kappa shape index (κ2) is 5.58. The summed E-state index contributed by atoms with van der Waals surface area (Å²) in [5, 5.41) is 15.5. The highest BCUT2D eigenvalue weighted by Gasteiger charge is 2.28. The fourth-order valence-corrected chi connectivity index (χ4v) is 2.75. The molecule has 3 aromatic rings. The zero-order valence-corrected chi connectivity index (χ0v) is 14.0. The van der Waals surface area contributed by atoms with E-state index >= 15 is 0 Å². The summed E-state index contributed by atoms with van der Waals surface area (Å²) < 4.78 is 1.86. The van der Waals surface area contributed by atoms with Gasteiger partial charge in [0.15, 0.2) is 5.75 Å². The summed E-state index contributed by atoms with van der Waals surface area (Å²) in [4.78, 5) is 0. The lowest BCUT2D eigenvalue weighted by molar-refractivity contribution is 0.440. The van der Waals surface area contributed by atoms with Gasteiger partial charge in [0.2, 0.25) is 0 Å². The maximum Gasteiger partial charge on any atom is 0.166 e. The molecule has 3 nitrogen and oxygen atoms in total. The Bertz CT molecular complexity index is 809. The average molecular weight is 306 g/mol. The van der Waals surface area contributed by atoms with Crippen LogP contribution >= 0.6 is 0 Å². The summed E-state index contributed by atoms with van der Waals surface area (Å²) in [5.74, 6) is 0.254. The minimum atomic E-state index is -0.227. The summed E-state index contributed by atoms with van der Waals surface area (Å²) >= 11 is 0. The maximum absolute atomic E-state index is 10.8. The molecule has 3 rings (SSSR count). The quantitative estimate of drug-likeness (QED) is 0.735. The van der Waals surface area contributed by atoms with Crippen LogP contribution in [-0.4, -0.2) is 14.9 Å². The Balaban J connectivity index is 2.25. The van der Waals surface area contributed by atoms with E-state index in [4.69, 9.17) is 5.10 Å². The van der Waals surface area contributed by atoms with E-state index in [1.165, 1.54) is 5.56 Å². The molecule has 1 aromatic heterocycles. The molecule has 23 heavy (non-hydrogen) atoms. The van der Waals surface area contributed by atoms with Crippen LogP contribution in [-0.2, 0) is 5.41 Å². The van der Waals surface area contributed by atoms with Gasteiger partial charge < -0.3 is 5.11 Å². The number of rotatable bonds is 2. The maximum atomic E-state index is 10.8. The van der Waals surface area contributed by atoms with Crippen LogP contribution in [0.2, 0.25) is 0 Å². The van der Waals surface area contributed by atoms with Gasteiger partial charge in [-0.25, -0.2) is 4.68 Å². The third-order valence-corrected chi connectivity index (χ3v) is 3.90. The fourth-order valence-electron chi connectivity index (χ4n) is 2.75. The standard InChI is InChI=1S/C20H22N2O/c1-14-10-12-16(13-11-14)22-19(20(2,3)4)18(23)17(21-22)15-8-6-5-7-9-15/h5-13,23H,1-4H3. The number of aromatic nitrogens is 2. The Morgan fingerprint density at radius 3 is 2.09 bits per heavy atom. The van der Waals surface area contributed by atoms with E-state index in [9.17, 15) is 5.11 Å². The SMILES string of the molecule is Cc1ccc(-n2nc(-c3ccccc3)c(O)c2C(C)(C)C)cc1. The van der Waals surface area contributed by atoms with Crippen molar-refractivity contribution in [3.8, 4) is 22.7 Å². The lowest BCUT2D eigenvalue weighted by atomic mass is 9.90. The van der Waals surface area contributed by atoms with Crippen LogP contribution in [0.25, 0.3) is 16.9 Å². The first-order valence-corrected chi connectivity index (χ1v) is 7.83. The monoisotopic (exact) mass is 306 g/mol. The second-order valence-corrected chi connectivity index (χ2v) is 6.91. The molecule has 0 saturated carbocycles. The van der Waals surface area contributed by atoms with Crippen molar-refractivity contribution in [1.82, 2.24) is 9.78 Å². The first kappa shape index (κ1) is 15.3. The lowest BCUT2D eigenvalue weighted by Crippen LogP contribution is -2.17. The van der Waals surface area contributed by atoms with E-state index in [-0.39, 0.29) is 11.2 Å². The highest BCUT2D eigenvalue weighted by Crippen LogP contribution is 2.39. The Hall–Kier alpha value is -2.55. The van der Waals surface area contributed by atoms with E-state index in [1.54, 1.807) is 0 Å². The molecule has 118 valence electrons. The van der Waals surface area contributed by atoms with Gasteiger partial charge >= 0.3 is 0 Å². The van der Waals surface area contributed by atoms with Crippen molar-refractivity contribution >= 4 is 0 Å². The van der Waals surface area contributed by atoms with Crippen LogP contribution in [0.5, 0.6) is 5.75 Å². The number of hydrogen-bond donors (Lipinski definition) is 1. The molecule has 0 aliphatic carbocycles. The summed E-state index contributed by atoms with van der Waals surface area (Å²) in [7, 11) is 0. The number of hydrogen-bond acceptors (Lipinski definition) is 2. The van der Waals surface area contributed by atoms with Crippen LogP contribution in [0, 0.1) is 6.92 Å². The summed E-state index contributed by atoms with van der Waals surface area (Å²) in [6.07, 6.45) is 0. The Morgan fingerprint density at radius 2 is 1.52 bits per heavy atom. The molecule has 0 amide bonds. The van der Waals surface area contributed by atoms with Gasteiger partial charge in [-0.2, -0.15) is 5.10 Å². The van der Waals surface area contributed by atoms with E-state index in [0.29, 0.717) is 5.69 Å². The smallest absolute Gasteiger partial charge is 0.166 e. The van der Waals surface area contributed by atoms with Gasteiger partial charge in [0.1, 0.15) is 5.69 Å². The van der Waals surface area contributed by atoms with Gasteiger partial charge in [-0.05, 0) is 19.1 Å². The van der Waals surface area contributed by atoms with Crippen molar-refractivity contribution in [2.45, 2.75) is 33.1 Å². The zero-order valence-electron chi connectivity index (χ0n) is 14.0. The molecule has 3 heteroatoms. The molecule has 2 aromatic carbocycles. The third-order valence-electron chi connectivity index (χ3n) is 3.90. The van der Waals surface area contributed by atoms with Crippen molar-refractivity contribution in [1.29, 1.82) is 0 Å². The van der Waals surface area contributed by atoms with Crippen molar-refractivity contribution in [3.05, 3.63) is 65.9 Å². The molecule has 0 bridgehead atoms. The van der Waals surface area contributed by atoms with Crippen molar-refractivity contribution in [2.24, 2.45) is 0 Å². The van der Waals surface area contributed by atoms with E-state index in [1.807, 2.05) is 47.1 Å². The summed E-state index contributed by atoms with van der Waals surface area (Å²) in [5.41, 5.74) is 4.29. The summed E-state index contributed by atoms with van der Waals surface area (Å²) in [6.45, 7) is 8.32. The van der Waals surface area contributed by atoms with Gasteiger partial charge in [0.25, 0.3) is 0 Å². The molecule has 0 atom stereocenters. The zero-order chi connectivity index (χ0) is 16.6. The molecule has 0 fully saturated rings. The molecule has 0 radical (unpaired) electrons. The van der Waals surface area contributed by atoms with Crippen LogP contribution in [0.1, 0.15) is 32.0 Å².